The number of hydrogen-bond donors (Lipinski definition) is 2. The number of carbonyl (C=O) groups is 1. The molecular formula is C19H28FN3O2. The summed E-state index contributed by atoms with van der Waals surface area (Å²) in [6.07, 6.45) is 3.44. The van der Waals surface area contributed by atoms with Crippen LogP contribution in [0.4, 0.5) is 10.1 Å². The van der Waals surface area contributed by atoms with Gasteiger partial charge < -0.3 is 15.3 Å². The van der Waals surface area contributed by atoms with E-state index in [9.17, 15) is 14.3 Å². The van der Waals surface area contributed by atoms with Crippen molar-refractivity contribution >= 4 is 11.6 Å². The van der Waals surface area contributed by atoms with E-state index in [2.05, 4.69) is 17.1 Å². The average molecular weight is 349 g/mol. The zero-order valence-corrected chi connectivity index (χ0v) is 14.9. The summed E-state index contributed by atoms with van der Waals surface area (Å²) >= 11 is 0. The van der Waals surface area contributed by atoms with Crippen LogP contribution in [0.25, 0.3) is 0 Å². The number of nitrogens with zero attached hydrogens (tertiary/aromatic N) is 2. The van der Waals surface area contributed by atoms with Crippen molar-refractivity contribution in [1.29, 1.82) is 0 Å². The Balaban J connectivity index is 1.51. The molecule has 1 saturated carbocycles. The second-order valence-electron chi connectivity index (χ2n) is 7.07. The van der Waals surface area contributed by atoms with Crippen LogP contribution in [0, 0.1) is 5.82 Å². The molecule has 1 saturated heterocycles. The zero-order valence-electron chi connectivity index (χ0n) is 14.9. The molecule has 0 spiro atoms. The molecule has 1 aliphatic heterocycles. The third kappa shape index (κ3) is 4.92. The highest BCUT2D eigenvalue weighted by Gasteiger charge is 2.28. The topological polar surface area (TPSA) is 55.8 Å². The number of halogens is 1. The van der Waals surface area contributed by atoms with Gasteiger partial charge in [-0.1, -0.05) is 13.0 Å². The summed E-state index contributed by atoms with van der Waals surface area (Å²) in [5.74, 6) is -0.278. The first kappa shape index (κ1) is 18.1. The summed E-state index contributed by atoms with van der Waals surface area (Å²) in [5.41, 5.74) is 1.34. The maximum atomic E-state index is 14.4. The molecule has 1 heterocycles. The Kier molecular flexibility index (Phi) is 5.91. The van der Waals surface area contributed by atoms with Crippen LogP contribution < -0.4 is 10.2 Å². The third-order valence-corrected chi connectivity index (χ3v) is 5.12. The van der Waals surface area contributed by atoms with Gasteiger partial charge in [0.1, 0.15) is 5.82 Å². The number of aliphatic hydroxyl groups is 1. The number of likely N-dealkylation sites (N-methyl/N-ethyl adjacent to an activating group) is 1. The molecule has 1 aromatic carbocycles. The predicted molar refractivity (Wildman–Crippen MR) is 96.0 cm³/mol. The minimum atomic E-state index is -0.271. The first-order valence-corrected chi connectivity index (χ1v) is 9.29. The third-order valence-electron chi connectivity index (χ3n) is 5.12. The van der Waals surface area contributed by atoms with Crippen molar-refractivity contribution in [1.82, 2.24) is 10.2 Å². The van der Waals surface area contributed by atoms with Gasteiger partial charge in [-0.15, -0.1) is 0 Å². The molecular weight excluding hydrogens is 321 g/mol. The average Bonchev–Trinajstić information content (AvgIpc) is 3.44. The fourth-order valence-corrected chi connectivity index (χ4v) is 3.40. The van der Waals surface area contributed by atoms with Crippen LogP contribution in [0.2, 0.25) is 0 Å². The molecule has 0 unspecified atom stereocenters. The van der Waals surface area contributed by atoms with E-state index in [4.69, 9.17) is 0 Å². The fraction of sp³-hybridized carbons (Fsp3) is 0.632. The van der Waals surface area contributed by atoms with E-state index in [1.165, 1.54) is 18.9 Å². The summed E-state index contributed by atoms with van der Waals surface area (Å²) in [4.78, 5) is 16.2. The number of amides is 1. The molecule has 0 aromatic heterocycles. The Morgan fingerprint density at radius 1 is 1.32 bits per heavy atom. The van der Waals surface area contributed by atoms with E-state index < -0.39 is 0 Å². The number of piperidine rings is 1. The van der Waals surface area contributed by atoms with E-state index >= 15 is 0 Å². The molecule has 0 atom stereocenters. The van der Waals surface area contributed by atoms with Gasteiger partial charge in [0.05, 0.1) is 18.3 Å². The van der Waals surface area contributed by atoms with Gasteiger partial charge in [0.15, 0.2) is 0 Å². The molecule has 25 heavy (non-hydrogen) atoms. The zero-order chi connectivity index (χ0) is 17.8. The maximum Gasteiger partial charge on any atom is 0.234 e. The lowest BCUT2D eigenvalue weighted by Gasteiger charge is -2.31. The Morgan fingerprint density at radius 3 is 2.64 bits per heavy atom. The highest BCUT2D eigenvalue weighted by molar-refractivity contribution is 5.78. The van der Waals surface area contributed by atoms with Gasteiger partial charge in [0.25, 0.3) is 0 Å². The van der Waals surface area contributed by atoms with Crippen molar-refractivity contribution in [2.45, 2.75) is 51.3 Å². The van der Waals surface area contributed by atoms with E-state index in [0.29, 0.717) is 50.7 Å². The molecule has 3 rings (SSSR count). The molecule has 1 aliphatic carbocycles. The van der Waals surface area contributed by atoms with Gasteiger partial charge >= 0.3 is 0 Å². The lowest BCUT2D eigenvalue weighted by atomic mass is 10.1. The summed E-state index contributed by atoms with van der Waals surface area (Å²) in [6.45, 7) is 5.05. The van der Waals surface area contributed by atoms with Crippen LogP contribution >= 0.6 is 0 Å². The Labute approximate surface area is 148 Å². The number of hydrogen-bond acceptors (Lipinski definition) is 4. The van der Waals surface area contributed by atoms with Gasteiger partial charge in [-0.25, -0.2) is 4.39 Å². The van der Waals surface area contributed by atoms with Crippen molar-refractivity contribution in [2.24, 2.45) is 0 Å². The smallest absolute Gasteiger partial charge is 0.234 e. The maximum absolute atomic E-state index is 14.4. The molecule has 2 aliphatic rings. The highest BCUT2D eigenvalue weighted by Crippen LogP contribution is 2.26. The summed E-state index contributed by atoms with van der Waals surface area (Å²) in [7, 11) is 0. The standard InChI is InChI=1S/C19H28FN3O2/c1-2-22(15-4-5-15)13-19(25)21-12-14-3-6-18(17(20)11-14)23-9-7-16(24)8-10-23/h3,6,11,15-16,24H,2,4-5,7-10,12-13H2,1H3,(H,21,25). The molecule has 2 fully saturated rings. The van der Waals surface area contributed by atoms with Gasteiger partial charge in [-0.05, 0) is 49.9 Å². The SMILES string of the molecule is CCN(CC(=O)NCc1ccc(N2CCC(O)CC2)c(F)c1)C1CC1. The lowest BCUT2D eigenvalue weighted by Crippen LogP contribution is -2.38. The van der Waals surface area contributed by atoms with E-state index in [0.717, 1.165) is 12.1 Å². The quantitative estimate of drug-likeness (QED) is 0.789. The second kappa shape index (κ2) is 8.15. The lowest BCUT2D eigenvalue weighted by molar-refractivity contribution is -0.122. The monoisotopic (exact) mass is 349 g/mol. The van der Waals surface area contributed by atoms with Gasteiger partial charge in [-0.2, -0.15) is 0 Å². The molecule has 2 N–H and O–H groups in total. The highest BCUT2D eigenvalue weighted by atomic mass is 19.1. The van der Waals surface area contributed by atoms with Crippen molar-refractivity contribution in [3.63, 3.8) is 0 Å². The summed E-state index contributed by atoms with van der Waals surface area (Å²) in [6, 6.07) is 5.70. The summed E-state index contributed by atoms with van der Waals surface area (Å²) < 4.78 is 14.4. The molecule has 1 amide bonds. The van der Waals surface area contributed by atoms with Crippen LogP contribution in [-0.2, 0) is 11.3 Å². The van der Waals surface area contributed by atoms with E-state index in [1.54, 1.807) is 6.07 Å². The number of rotatable bonds is 7. The van der Waals surface area contributed by atoms with E-state index in [-0.39, 0.29) is 17.8 Å². The molecule has 0 bridgehead atoms. The molecule has 1 aromatic rings. The largest absolute Gasteiger partial charge is 0.393 e. The normalized spacial score (nSPS) is 18.6. The first-order chi connectivity index (χ1) is 12.1. The molecule has 6 heteroatoms. The van der Waals surface area contributed by atoms with Crippen LogP contribution in [0.5, 0.6) is 0 Å². The number of anilines is 1. The molecule has 5 nitrogen and oxygen atoms in total. The van der Waals surface area contributed by atoms with Crippen molar-refractivity contribution in [3.8, 4) is 0 Å². The number of aliphatic hydroxyl groups excluding tert-OH is 1. The van der Waals surface area contributed by atoms with Gasteiger partial charge in [-0.3, -0.25) is 9.69 Å². The second-order valence-corrected chi connectivity index (χ2v) is 7.07. The van der Waals surface area contributed by atoms with Crippen LogP contribution in [0.3, 0.4) is 0 Å². The van der Waals surface area contributed by atoms with Gasteiger partial charge in [0.2, 0.25) is 5.91 Å². The number of nitrogens with one attached hydrogen (secondary N) is 1. The Bertz CT molecular complexity index is 598. The van der Waals surface area contributed by atoms with Crippen LogP contribution in [-0.4, -0.2) is 54.2 Å². The van der Waals surface area contributed by atoms with Crippen LogP contribution in [0.15, 0.2) is 18.2 Å². The fourth-order valence-electron chi connectivity index (χ4n) is 3.40. The van der Waals surface area contributed by atoms with E-state index in [1.807, 2.05) is 11.0 Å². The van der Waals surface area contributed by atoms with Gasteiger partial charge in [0, 0.05) is 25.7 Å². The van der Waals surface area contributed by atoms with Crippen LogP contribution in [0.1, 0.15) is 38.2 Å². The summed E-state index contributed by atoms with van der Waals surface area (Å²) in [5, 5.41) is 12.4. The molecule has 138 valence electrons. The predicted octanol–water partition coefficient (Wildman–Crippen LogP) is 1.89. The first-order valence-electron chi connectivity index (χ1n) is 9.29. The van der Waals surface area contributed by atoms with Crippen molar-refractivity contribution < 1.29 is 14.3 Å². The minimum Gasteiger partial charge on any atom is -0.393 e. The Hall–Kier alpha value is -1.66. The number of carbonyl (C=O) groups excluding carboxylic acids is 1. The number of benzene rings is 1. The van der Waals surface area contributed by atoms with Crippen molar-refractivity contribution in [3.05, 3.63) is 29.6 Å². The van der Waals surface area contributed by atoms with Crippen molar-refractivity contribution in [2.75, 3.05) is 31.1 Å². The minimum absolute atomic E-state index is 0.0109. The Morgan fingerprint density at radius 2 is 2.04 bits per heavy atom. The molecule has 0 radical (unpaired) electrons.